The van der Waals surface area contributed by atoms with Gasteiger partial charge in [0.05, 0.1) is 5.69 Å². The van der Waals surface area contributed by atoms with E-state index in [4.69, 9.17) is 23.2 Å². The highest BCUT2D eigenvalue weighted by Crippen LogP contribution is 2.27. The number of piperazine rings is 1. The van der Waals surface area contributed by atoms with Crippen molar-refractivity contribution >= 4 is 28.9 Å². The summed E-state index contributed by atoms with van der Waals surface area (Å²) in [6, 6.07) is 12.2. The Morgan fingerprint density at radius 1 is 1.00 bits per heavy atom. The number of halogens is 3. The number of rotatable bonds is 3. The highest BCUT2D eigenvalue weighted by Gasteiger charge is 2.21. The summed E-state index contributed by atoms with van der Waals surface area (Å²) in [6.07, 6.45) is 0. The highest BCUT2D eigenvalue weighted by molar-refractivity contribution is 6.35. The van der Waals surface area contributed by atoms with Gasteiger partial charge in [0.15, 0.2) is 0 Å². The lowest BCUT2D eigenvalue weighted by molar-refractivity contribution is 0.250. The Morgan fingerprint density at radius 2 is 1.62 bits per heavy atom. The summed E-state index contributed by atoms with van der Waals surface area (Å²) < 4.78 is 13.8. The lowest BCUT2D eigenvalue weighted by Gasteiger charge is -2.36. The van der Waals surface area contributed by atoms with Gasteiger partial charge in [0, 0.05) is 48.3 Å². The topological polar surface area (TPSA) is 30.3 Å². The second kappa shape index (κ2) is 7.40. The lowest BCUT2D eigenvalue weighted by atomic mass is 10.1. The van der Waals surface area contributed by atoms with E-state index in [0.29, 0.717) is 22.3 Å². The van der Waals surface area contributed by atoms with Crippen LogP contribution in [0.3, 0.4) is 0 Å². The predicted octanol–water partition coefficient (Wildman–Crippen LogP) is 4.33. The van der Waals surface area contributed by atoms with Crippen LogP contribution in [0.1, 0.15) is 11.1 Å². The van der Waals surface area contributed by atoms with E-state index in [1.165, 1.54) is 6.07 Å². The third kappa shape index (κ3) is 3.49. The van der Waals surface area contributed by atoms with Gasteiger partial charge in [0.25, 0.3) is 0 Å². The number of hydrogen-bond acceptors (Lipinski definition) is 3. The van der Waals surface area contributed by atoms with E-state index in [0.717, 1.165) is 31.7 Å². The van der Waals surface area contributed by atoms with Crippen LogP contribution in [0.25, 0.3) is 0 Å². The zero-order valence-corrected chi connectivity index (χ0v) is 14.5. The van der Waals surface area contributed by atoms with Crippen molar-refractivity contribution in [1.82, 2.24) is 4.90 Å². The first-order valence-electron chi connectivity index (χ1n) is 7.69. The van der Waals surface area contributed by atoms with Crippen LogP contribution >= 0.6 is 23.2 Å². The van der Waals surface area contributed by atoms with Gasteiger partial charge in [-0.15, -0.1) is 0 Å². The fourth-order valence-corrected chi connectivity index (χ4v) is 3.46. The number of hydrogen-bond donors (Lipinski definition) is 0. The monoisotopic (exact) mass is 363 g/mol. The molecule has 0 amide bonds. The minimum atomic E-state index is -0.472. The van der Waals surface area contributed by atoms with Crippen LogP contribution < -0.4 is 4.90 Å². The van der Waals surface area contributed by atoms with Crippen molar-refractivity contribution in [3.63, 3.8) is 0 Å². The second-order valence-electron chi connectivity index (χ2n) is 5.71. The van der Waals surface area contributed by atoms with Crippen molar-refractivity contribution in [2.24, 2.45) is 0 Å². The van der Waals surface area contributed by atoms with Crippen LogP contribution in [0.2, 0.25) is 10.0 Å². The maximum absolute atomic E-state index is 13.8. The molecule has 2 aromatic carbocycles. The maximum atomic E-state index is 13.8. The molecule has 0 unspecified atom stereocenters. The molecule has 0 bridgehead atoms. The summed E-state index contributed by atoms with van der Waals surface area (Å²) in [5.41, 5.74) is 1.70. The zero-order valence-electron chi connectivity index (χ0n) is 13.0. The summed E-state index contributed by atoms with van der Waals surface area (Å²) in [6.45, 7) is 3.72. The molecule has 0 aromatic heterocycles. The largest absolute Gasteiger partial charge is 0.368 e. The first-order valence-corrected chi connectivity index (χ1v) is 8.44. The normalized spacial score (nSPS) is 15.3. The molecule has 6 heteroatoms. The van der Waals surface area contributed by atoms with Gasteiger partial charge in [0.2, 0.25) is 0 Å². The summed E-state index contributed by atoms with van der Waals surface area (Å²) in [7, 11) is 0. The van der Waals surface area contributed by atoms with Crippen molar-refractivity contribution in [2.75, 3.05) is 31.1 Å². The van der Waals surface area contributed by atoms with Gasteiger partial charge in [-0.25, -0.2) is 4.39 Å². The molecular weight excluding hydrogens is 348 g/mol. The molecule has 3 nitrogen and oxygen atoms in total. The smallest absolute Gasteiger partial charge is 0.143 e. The van der Waals surface area contributed by atoms with Crippen LogP contribution in [-0.4, -0.2) is 31.1 Å². The minimum Gasteiger partial charge on any atom is -0.368 e. The van der Waals surface area contributed by atoms with E-state index in [-0.39, 0.29) is 5.56 Å². The molecule has 0 N–H and O–H groups in total. The first-order chi connectivity index (χ1) is 11.6. The van der Waals surface area contributed by atoms with Crippen molar-refractivity contribution in [1.29, 1.82) is 5.26 Å². The quantitative estimate of drug-likeness (QED) is 0.812. The minimum absolute atomic E-state index is 0.111. The van der Waals surface area contributed by atoms with Crippen molar-refractivity contribution in [3.8, 4) is 6.07 Å². The molecule has 2 aromatic rings. The molecule has 0 saturated carbocycles. The van der Waals surface area contributed by atoms with Gasteiger partial charge in [-0.1, -0.05) is 35.3 Å². The molecule has 1 heterocycles. The average Bonchev–Trinajstić information content (AvgIpc) is 2.59. The SMILES string of the molecule is N#Cc1c(F)cccc1N1CCN(Cc2c(Cl)cccc2Cl)CC1. The molecule has 0 radical (unpaired) electrons. The number of benzene rings is 2. The number of nitrogens with zero attached hydrogens (tertiary/aromatic N) is 3. The van der Waals surface area contributed by atoms with Crippen molar-refractivity contribution in [2.45, 2.75) is 6.54 Å². The summed E-state index contributed by atoms with van der Waals surface area (Å²) >= 11 is 12.5. The van der Waals surface area contributed by atoms with Gasteiger partial charge in [-0.3, -0.25) is 4.90 Å². The molecule has 1 aliphatic rings. The Kier molecular flexibility index (Phi) is 5.25. The molecule has 24 heavy (non-hydrogen) atoms. The molecule has 1 aliphatic heterocycles. The number of nitriles is 1. The fourth-order valence-electron chi connectivity index (χ4n) is 2.94. The third-order valence-electron chi connectivity index (χ3n) is 4.26. The molecule has 1 saturated heterocycles. The summed E-state index contributed by atoms with van der Waals surface area (Å²) in [5, 5.41) is 10.5. The molecular formula is C18H16Cl2FN3. The maximum Gasteiger partial charge on any atom is 0.143 e. The summed E-state index contributed by atoms with van der Waals surface area (Å²) in [4.78, 5) is 4.31. The Labute approximate surface area is 150 Å². The Morgan fingerprint density at radius 3 is 2.25 bits per heavy atom. The molecule has 0 aliphatic carbocycles. The van der Waals surface area contributed by atoms with Crippen LogP contribution in [0.15, 0.2) is 36.4 Å². The molecule has 0 atom stereocenters. The van der Waals surface area contributed by atoms with Crippen LogP contribution in [0.5, 0.6) is 0 Å². The van der Waals surface area contributed by atoms with E-state index in [9.17, 15) is 9.65 Å². The molecule has 1 fully saturated rings. The standard InChI is InChI=1S/C18H16Cl2FN3/c19-15-3-1-4-16(20)14(15)12-23-7-9-24(10-8-23)18-6-2-5-17(21)13(18)11-22/h1-6H,7-10,12H2. The van der Waals surface area contributed by atoms with Gasteiger partial charge in [-0.2, -0.15) is 5.26 Å². The first kappa shape index (κ1) is 17.0. The van der Waals surface area contributed by atoms with Crippen molar-refractivity contribution < 1.29 is 4.39 Å². The van der Waals surface area contributed by atoms with Gasteiger partial charge in [-0.05, 0) is 24.3 Å². The fraction of sp³-hybridized carbons (Fsp3) is 0.278. The predicted molar refractivity (Wildman–Crippen MR) is 95.1 cm³/mol. The summed E-state index contributed by atoms with van der Waals surface area (Å²) in [5.74, 6) is -0.472. The van der Waals surface area contributed by atoms with Gasteiger partial charge < -0.3 is 4.90 Å². The van der Waals surface area contributed by atoms with E-state index in [1.54, 1.807) is 12.1 Å². The van der Waals surface area contributed by atoms with Crippen LogP contribution in [-0.2, 0) is 6.54 Å². The Hall–Kier alpha value is -1.80. The second-order valence-corrected chi connectivity index (χ2v) is 6.52. The number of anilines is 1. The average molecular weight is 364 g/mol. The highest BCUT2D eigenvalue weighted by atomic mass is 35.5. The van der Waals surface area contributed by atoms with E-state index in [2.05, 4.69) is 4.90 Å². The van der Waals surface area contributed by atoms with E-state index >= 15 is 0 Å². The van der Waals surface area contributed by atoms with Crippen molar-refractivity contribution in [3.05, 3.63) is 63.4 Å². The Bertz CT molecular complexity index is 760. The Balaban J connectivity index is 1.69. The van der Waals surface area contributed by atoms with Crippen LogP contribution in [0, 0.1) is 17.1 Å². The van der Waals surface area contributed by atoms with Gasteiger partial charge in [0.1, 0.15) is 17.4 Å². The molecule has 3 rings (SSSR count). The zero-order chi connectivity index (χ0) is 17.1. The van der Waals surface area contributed by atoms with E-state index < -0.39 is 5.82 Å². The van der Waals surface area contributed by atoms with E-state index in [1.807, 2.05) is 29.2 Å². The third-order valence-corrected chi connectivity index (χ3v) is 4.97. The van der Waals surface area contributed by atoms with Gasteiger partial charge >= 0.3 is 0 Å². The van der Waals surface area contributed by atoms with Crippen LogP contribution in [0.4, 0.5) is 10.1 Å². The lowest BCUT2D eigenvalue weighted by Crippen LogP contribution is -2.46. The molecule has 124 valence electrons. The molecule has 0 spiro atoms.